The number of nitrogens with zero attached hydrogens (tertiary/aromatic N) is 5. The van der Waals surface area contributed by atoms with Gasteiger partial charge in [-0.2, -0.15) is 15.1 Å². The van der Waals surface area contributed by atoms with Crippen molar-refractivity contribution in [2.24, 2.45) is 5.41 Å². The first-order valence-electron chi connectivity index (χ1n) is 14.0. The summed E-state index contributed by atoms with van der Waals surface area (Å²) in [6.07, 6.45) is -1.10. The van der Waals surface area contributed by atoms with E-state index in [9.17, 15) is 22.9 Å². The Kier molecular flexibility index (Phi) is 10.7. The van der Waals surface area contributed by atoms with Gasteiger partial charge in [0.05, 0.1) is 31.4 Å². The van der Waals surface area contributed by atoms with Gasteiger partial charge in [0.15, 0.2) is 17.0 Å². The molecule has 0 saturated carbocycles. The van der Waals surface area contributed by atoms with Gasteiger partial charge in [-0.05, 0) is 45.0 Å². The molecule has 1 saturated heterocycles. The fraction of sp³-hybridized carbons (Fsp3) is 0.538. The van der Waals surface area contributed by atoms with Crippen LogP contribution in [0.15, 0.2) is 35.1 Å². The van der Waals surface area contributed by atoms with Crippen LogP contribution in [0, 0.1) is 5.41 Å². The maximum Gasteiger partial charge on any atom is 0.459 e. The van der Waals surface area contributed by atoms with Crippen LogP contribution in [0.2, 0.25) is 0 Å². The second-order valence-electron chi connectivity index (χ2n) is 11.6. The van der Waals surface area contributed by atoms with Gasteiger partial charge in [-0.25, -0.2) is 18.0 Å². The minimum Gasteiger partial charge on any atom is -0.462 e. The van der Waals surface area contributed by atoms with Crippen molar-refractivity contribution in [2.45, 2.75) is 65.2 Å². The van der Waals surface area contributed by atoms with E-state index in [1.165, 1.54) is 24.9 Å². The van der Waals surface area contributed by atoms with Crippen LogP contribution in [-0.4, -0.2) is 83.3 Å². The number of rotatable bonds is 13. The molecule has 3 aromatic rings. The maximum atomic E-state index is 14.0. The lowest BCUT2D eigenvalue weighted by atomic mass is 9.84. The number of hydrogen-bond donors (Lipinski definition) is 4. The van der Waals surface area contributed by atoms with Gasteiger partial charge >= 0.3 is 13.7 Å². The number of fused-ring (bicyclic) bond motifs is 1. The molecule has 20 heteroatoms. The van der Waals surface area contributed by atoms with Crippen molar-refractivity contribution < 1.29 is 41.4 Å². The van der Waals surface area contributed by atoms with E-state index in [2.05, 4.69) is 40.8 Å². The summed E-state index contributed by atoms with van der Waals surface area (Å²) in [4.78, 5) is 27.6. The molecule has 3 heterocycles. The van der Waals surface area contributed by atoms with Gasteiger partial charge in [-0.1, -0.05) is 29.8 Å². The number of hydrogen-bond acceptors (Lipinski definition) is 14. The predicted molar refractivity (Wildman–Crippen MR) is 172 cm³/mol. The highest BCUT2D eigenvalue weighted by Gasteiger charge is 2.52. The standard InChI is InChI=1S/C26H38BrN8O9PS/c1-14(2)42-23(37)15(3)32-45(38,44-17-10-8-16(27)9-11-17)41-12-18-20(36)26(4,5)24(43-18)35-13-29-19-21(30-25(28)31-22(19)35)34(6)33-46(7,39)40/h8-11,13-15,18,20,24,33,36H,12H2,1-7H3,(H,32,38)(H2,28,30,31)/t15?,18?,20-,24?,45?/m1/s1. The first-order valence-corrected chi connectivity index (χ1v) is 18.2. The number of aliphatic hydroxyl groups excluding tert-OH is 1. The highest BCUT2D eigenvalue weighted by atomic mass is 79.9. The van der Waals surface area contributed by atoms with E-state index in [0.29, 0.717) is 0 Å². The summed E-state index contributed by atoms with van der Waals surface area (Å²) in [6, 6.07) is 5.41. The molecule has 0 bridgehead atoms. The Morgan fingerprint density at radius 3 is 2.52 bits per heavy atom. The van der Waals surface area contributed by atoms with Crippen LogP contribution in [0.5, 0.6) is 5.75 Å². The fourth-order valence-corrected chi connectivity index (χ4v) is 7.08. The number of benzene rings is 1. The lowest BCUT2D eigenvalue weighted by Gasteiger charge is -2.29. The molecule has 2 aromatic heterocycles. The average molecular weight is 750 g/mol. The summed E-state index contributed by atoms with van der Waals surface area (Å²) in [6.45, 7) is 7.91. The number of esters is 1. The molecule has 0 aliphatic carbocycles. The van der Waals surface area contributed by atoms with Crippen LogP contribution >= 0.6 is 23.7 Å². The van der Waals surface area contributed by atoms with E-state index in [1.807, 2.05) is 0 Å². The molecule has 0 radical (unpaired) electrons. The molecular formula is C26H38BrN8O9PS. The molecule has 17 nitrogen and oxygen atoms in total. The van der Waals surface area contributed by atoms with Crippen LogP contribution < -0.4 is 25.2 Å². The van der Waals surface area contributed by atoms with Crippen molar-refractivity contribution in [1.29, 1.82) is 0 Å². The number of imidazole rings is 1. The van der Waals surface area contributed by atoms with E-state index in [4.69, 9.17) is 24.3 Å². The number of nitrogen functional groups attached to an aromatic ring is 1. The van der Waals surface area contributed by atoms with Crippen molar-refractivity contribution >= 4 is 62.6 Å². The zero-order valence-electron chi connectivity index (χ0n) is 26.2. The number of carbonyl (C=O) groups is 1. The zero-order chi connectivity index (χ0) is 34.2. The summed E-state index contributed by atoms with van der Waals surface area (Å²) in [5.74, 6) is -0.542. The number of halogens is 1. The summed E-state index contributed by atoms with van der Waals surface area (Å²) in [5, 5.41) is 15.1. The number of sulfonamides is 1. The summed E-state index contributed by atoms with van der Waals surface area (Å²) in [7, 11) is -6.49. The third-order valence-corrected chi connectivity index (χ3v) is 9.63. The Morgan fingerprint density at radius 1 is 1.26 bits per heavy atom. The van der Waals surface area contributed by atoms with Crippen LogP contribution in [0.25, 0.3) is 11.2 Å². The van der Waals surface area contributed by atoms with Gasteiger partial charge in [0.2, 0.25) is 16.0 Å². The fourth-order valence-electron chi connectivity index (χ4n) is 4.73. The molecule has 46 heavy (non-hydrogen) atoms. The van der Waals surface area contributed by atoms with Crippen molar-refractivity contribution in [3.05, 3.63) is 35.1 Å². The molecule has 0 amide bonds. The average Bonchev–Trinajstić information content (AvgIpc) is 3.44. The third-order valence-electron chi connectivity index (χ3n) is 6.85. The topological polar surface area (TPSA) is 222 Å². The minimum absolute atomic E-state index is 0.0881. The lowest BCUT2D eigenvalue weighted by Crippen LogP contribution is -2.39. The molecule has 1 aliphatic rings. The smallest absolute Gasteiger partial charge is 0.459 e. The molecular weight excluding hydrogens is 711 g/mol. The molecule has 5 atom stereocenters. The summed E-state index contributed by atoms with van der Waals surface area (Å²) >= 11 is 3.34. The van der Waals surface area contributed by atoms with Crippen molar-refractivity contribution in [3.63, 3.8) is 0 Å². The molecule has 1 aromatic carbocycles. The predicted octanol–water partition coefficient (Wildman–Crippen LogP) is 2.49. The van der Waals surface area contributed by atoms with E-state index >= 15 is 0 Å². The van der Waals surface area contributed by atoms with Crippen LogP contribution in [-0.2, 0) is 33.4 Å². The summed E-state index contributed by atoms with van der Waals surface area (Å²) < 4.78 is 62.9. The number of nitrogens with two attached hydrogens (primary N) is 1. The molecule has 1 fully saturated rings. The van der Waals surface area contributed by atoms with Gasteiger partial charge in [0.25, 0.3) is 0 Å². The molecule has 4 rings (SSSR count). The second kappa shape index (κ2) is 13.7. The second-order valence-corrected chi connectivity index (χ2v) is 16.0. The number of hydrazine groups is 1. The number of aromatic nitrogens is 4. The minimum atomic E-state index is -4.27. The summed E-state index contributed by atoms with van der Waals surface area (Å²) in [5.41, 5.74) is 5.39. The third kappa shape index (κ3) is 8.32. The van der Waals surface area contributed by atoms with Gasteiger partial charge in [0.1, 0.15) is 24.1 Å². The first kappa shape index (κ1) is 35.9. The van der Waals surface area contributed by atoms with E-state index in [1.54, 1.807) is 52.0 Å². The van der Waals surface area contributed by atoms with Crippen LogP contribution in [0.1, 0.15) is 40.8 Å². The van der Waals surface area contributed by atoms with Crippen LogP contribution in [0.3, 0.4) is 0 Å². The van der Waals surface area contributed by atoms with E-state index in [-0.39, 0.29) is 28.7 Å². The number of anilines is 2. The zero-order valence-corrected chi connectivity index (χ0v) is 29.5. The Bertz CT molecular complexity index is 1720. The Morgan fingerprint density at radius 2 is 1.91 bits per heavy atom. The maximum absolute atomic E-state index is 14.0. The molecule has 5 N–H and O–H groups in total. The van der Waals surface area contributed by atoms with Gasteiger partial charge in [-0.3, -0.25) is 18.9 Å². The number of ether oxygens (including phenoxy) is 2. The number of aliphatic hydroxyl groups is 1. The molecule has 4 unspecified atom stereocenters. The Labute approximate surface area is 274 Å². The van der Waals surface area contributed by atoms with Crippen molar-refractivity contribution in [3.8, 4) is 5.75 Å². The SMILES string of the molecule is CC(C)OC(=O)C(C)NP(=O)(OCC1OC(n2cnc3c(N(C)NS(C)(=O)=O)nc(N)nc32)C(C)(C)[C@@H]1O)Oc1ccc(Br)cc1. The Balaban J connectivity index is 1.60. The van der Waals surface area contributed by atoms with Crippen LogP contribution in [0.4, 0.5) is 11.8 Å². The lowest BCUT2D eigenvalue weighted by molar-refractivity contribution is -0.149. The highest BCUT2D eigenvalue weighted by Crippen LogP contribution is 2.49. The number of carbonyl (C=O) groups excluding carboxylic acids is 1. The number of nitrogens with one attached hydrogen (secondary N) is 2. The first-order chi connectivity index (χ1) is 21.3. The van der Waals surface area contributed by atoms with Gasteiger partial charge in [-0.15, -0.1) is 4.83 Å². The van der Waals surface area contributed by atoms with Crippen molar-refractivity contribution in [2.75, 3.05) is 30.7 Å². The van der Waals surface area contributed by atoms with E-state index < -0.39 is 66.3 Å². The largest absolute Gasteiger partial charge is 0.462 e. The van der Waals surface area contributed by atoms with Gasteiger partial charge in [0, 0.05) is 16.9 Å². The van der Waals surface area contributed by atoms with Crippen molar-refractivity contribution in [1.82, 2.24) is 29.4 Å². The Hall–Kier alpha value is -2.90. The van der Waals surface area contributed by atoms with E-state index in [0.717, 1.165) is 15.7 Å². The molecule has 254 valence electrons. The quantitative estimate of drug-likeness (QED) is 0.112. The van der Waals surface area contributed by atoms with Gasteiger partial charge < -0.3 is 24.8 Å². The highest BCUT2D eigenvalue weighted by molar-refractivity contribution is 9.10. The normalized spacial score (nSPS) is 21.7. The molecule has 1 aliphatic heterocycles. The molecule has 0 spiro atoms. The monoisotopic (exact) mass is 748 g/mol.